The molecule has 0 atom stereocenters. The van der Waals surface area contributed by atoms with Gasteiger partial charge in [0.1, 0.15) is 0 Å². The normalized spacial score (nSPS) is 13.9. The Bertz CT molecular complexity index is 1130. The van der Waals surface area contributed by atoms with Crippen LogP contribution >= 0.6 is 0 Å². The third-order valence-electron chi connectivity index (χ3n) is 5.41. The lowest BCUT2D eigenvalue weighted by atomic mass is 10.1. The van der Waals surface area contributed by atoms with E-state index in [4.69, 9.17) is 0 Å². The maximum absolute atomic E-state index is 12.9. The SMILES string of the molecule is CCCN1CCN(c2c(C)cnc3c(NC(=O)c4cccnc4C)cccc23)C1=O. The zero-order valence-corrected chi connectivity index (χ0v) is 17.5. The Kier molecular flexibility index (Phi) is 5.35. The van der Waals surface area contributed by atoms with Crippen LogP contribution in [0.15, 0.2) is 42.7 Å². The number of aryl methyl sites for hydroxylation is 2. The van der Waals surface area contributed by atoms with E-state index >= 15 is 0 Å². The number of hydrogen-bond donors (Lipinski definition) is 1. The van der Waals surface area contributed by atoms with Gasteiger partial charge in [0.15, 0.2) is 0 Å². The molecule has 3 heterocycles. The van der Waals surface area contributed by atoms with Crippen LogP contribution in [0.3, 0.4) is 0 Å². The van der Waals surface area contributed by atoms with Crippen LogP contribution < -0.4 is 10.2 Å². The summed E-state index contributed by atoms with van der Waals surface area (Å²) in [5, 5.41) is 3.81. The van der Waals surface area contributed by atoms with Gasteiger partial charge >= 0.3 is 6.03 Å². The summed E-state index contributed by atoms with van der Waals surface area (Å²) < 4.78 is 0. The van der Waals surface area contributed by atoms with Crippen molar-refractivity contribution in [1.82, 2.24) is 14.9 Å². The first kappa shape index (κ1) is 19.8. The molecule has 0 unspecified atom stereocenters. The average Bonchev–Trinajstić information content (AvgIpc) is 3.08. The summed E-state index contributed by atoms with van der Waals surface area (Å²) in [5.41, 5.74) is 4.25. The maximum atomic E-state index is 12.9. The number of para-hydroxylation sites is 1. The predicted molar refractivity (Wildman–Crippen MR) is 118 cm³/mol. The van der Waals surface area contributed by atoms with E-state index in [1.165, 1.54) is 0 Å². The first-order valence-electron chi connectivity index (χ1n) is 10.2. The van der Waals surface area contributed by atoms with Crippen molar-refractivity contribution in [3.8, 4) is 0 Å². The number of benzene rings is 1. The van der Waals surface area contributed by atoms with Crippen LogP contribution in [0.4, 0.5) is 16.2 Å². The molecule has 1 aromatic carbocycles. The van der Waals surface area contributed by atoms with Crippen LogP contribution in [-0.2, 0) is 0 Å². The van der Waals surface area contributed by atoms with Gasteiger partial charge in [-0.1, -0.05) is 19.1 Å². The number of aromatic nitrogens is 2. The first-order valence-corrected chi connectivity index (χ1v) is 10.2. The van der Waals surface area contributed by atoms with Crippen molar-refractivity contribution in [1.29, 1.82) is 0 Å². The van der Waals surface area contributed by atoms with E-state index in [0.29, 0.717) is 35.6 Å². The van der Waals surface area contributed by atoms with E-state index in [0.717, 1.165) is 29.6 Å². The zero-order valence-electron chi connectivity index (χ0n) is 17.5. The topological polar surface area (TPSA) is 78.4 Å². The van der Waals surface area contributed by atoms with Gasteiger partial charge in [0, 0.05) is 43.1 Å². The summed E-state index contributed by atoms with van der Waals surface area (Å²) in [6.07, 6.45) is 4.35. The Hall–Kier alpha value is -3.48. The Labute approximate surface area is 175 Å². The lowest BCUT2D eigenvalue weighted by Crippen LogP contribution is -2.32. The molecule has 4 rings (SSSR count). The molecule has 0 bridgehead atoms. The molecule has 1 saturated heterocycles. The minimum atomic E-state index is -0.233. The lowest BCUT2D eigenvalue weighted by Gasteiger charge is -2.22. The monoisotopic (exact) mass is 403 g/mol. The predicted octanol–water partition coefficient (Wildman–Crippen LogP) is 4.15. The molecule has 154 valence electrons. The molecule has 1 aliphatic heterocycles. The highest BCUT2D eigenvalue weighted by Gasteiger charge is 2.31. The highest BCUT2D eigenvalue weighted by atomic mass is 16.2. The Morgan fingerprint density at radius 1 is 1.13 bits per heavy atom. The van der Waals surface area contributed by atoms with E-state index in [9.17, 15) is 9.59 Å². The largest absolute Gasteiger partial charge is 0.324 e. The number of urea groups is 1. The fourth-order valence-electron chi connectivity index (χ4n) is 3.95. The standard InChI is InChI=1S/C23H25N5O2/c1-4-11-27-12-13-28(23(27)30)21-15(2)14-25-20-18(21)7-5-9-19(20)26-22(29)17-8-6-10-24-16(17)3/h5-10,14H,4,11-13H2,1-3H3,(H,26,29). The molecule has 0 spiro atoms. The molecule has 1 fully saturated rings. The number of fused-ring (bicyclic) bond motifs is 1. The van der Waals surface area contributed by atoms with Gasteiger partial charge in [0.05, 0.1) is 22.5 Å². The average molecular weight is 403 g/mol. The number of carbonyl (C=O) groups is 2. The summed E-state index contributed by atoms with van der Waals surface area (Å²) in [6.45, 7) is 7.95. The van der Waals surface area contributed by atoms with Crippen molar-refractivity contribution in [2.75, 3.05) is 29.9 Å². The molecule has 3 aromatic rings. The summed E-state index contributed by atoms with van der Waals surface area (Å²) >= 11 is 0. The van der Waals surface area contributed by atoms with Crippen LogP contribution in [0.2, 0.25) is 0 Å². The van der Waals surface area contributed by atoms with Gasteiger partial charge in [-0.2, -0.15) is 0 Å². The van der Waals surface area contributed by atoms with Gasteiger partial charge in [0.2, 0.25) is 0 Å². The van der Waals surface area contributed by atoms with Crippen LogP contribution in [0.25, 0.3) is 10.9 Å². The number of pyridine rings is 2. The second-order valence-corrected chi connectivity index (χ2v) is 7.50. The molecular weight excluding hydrogens is 378 g/mol. The van der Waals surface area contributed by atoms with Crippen molar-refractivity contribution in [3.05, 3.63) is 59.5 Å². The van der Waals surface area contributed by atoms with Crippen LogP contribution in [0.1, 0.15) is 35.0 Å². The van der Waals surface area contributed by atoms with Crippen molar-refractivity contribution < 1.29 is 9.59 Å². The van der Waals surface area contributed by atoms with E-state index in [1.807, 2.05) is 34.9 Å². The summed E-state index contributed by atoms with van der Waals surface area (Å²) in [6, 6.07) is 9.16. The van der Waals surface area contributed by atoms with Gasteiger partial charge in [0.25, 0.3) is 5.91 Å². The van der Waals surface area contributed by atoms with E-state index < -0.39 is 0 Å². The molecule has 3 amide bonds. The number of hydrogen-bond acceptors (Lipinski definition) is 4. The van der Waals surface area contributed by atoms with Crippen molar-refractivity contribution in [3.63, 3.8) is 0 Å². The smallest absolute Gasteiger partial charge is 0.323 e. The first-order chi connectivity index (χ1) is 14.5. The summed E-state index contributed by atoms with van der Waals surface area (Å²) in [7, 11) is 0. The molecule has 2 aromatic heterocycles. The maximum Gasteiger partial charge on any atom is 0.324 e. The van der Waals surface area contributed by atoms with Gasteiger partial charge < -0.3 is 10.2 Å². The molecule has 7 heteroatoms. The van der Waals surface area contributed by atoms with E-state index in [1.54, 1.807) is 31.5 Å². The van der Waals surface area contributed by atoms with Crippen molar-refractivity contribution >= 4 is 34.2 Å². The van der Waals surface area contributed by atoms with E-state index in [-0.39, 0.29) is 11.9 Å². The number of rotatable bonds is 5. The Balaban J connectivity index is 1.73. The quantitative estimate of drug-likeness (QED) is 0.694. The molecular formula is C23H25N5O2. The number of anilines is 2. The van der Waals surface area contributed by atoms with E-state index in [2.05, 4.69) is 22.2 Å². The number of nitrogens with zero attached hydrogens (tertiary/aromatic N) is 4. The number of nitrogens with one attached hydrogen (secondary N) is 1. The molecule has 1 N–H and O–H groups in total. The van der Waals surface area contributed by atoms with Gasteiger partial charge in [-0.25, -0.2) is 4.79 Å². The third-order valence-corrected chi connectivity index (χ3v) is 5.41. The Morgan fingerprint density at radius 3 is 2.73 bits per heavy atom. The van der Waals surface area contributed by atoms with Crippen LogP contribution in [0, 0.1) is 13.8 Å². The highest BCUT2D eigenvalue weighted by Crippen LogP contribution is 2.34. The molecule has 0 saturated carbocycles. The molecule has 1 aliphatic rings. The summed E-state index contributed by atoms with van der Waals surface area (Å²) in [4.78, 5) is 38.2. The van der Waals surface area contributed by atoms with Crippen LogP contribution in [-0.4, -0.2) is 46.4 Å². The molecule has 7 nitrogen and oxygen atoms in total. The van der Waals surface area contributed by atoms with Crippen molar-refractivity contribution in [2.24, 2.45) is 0 Å². The second-order valence-electron chi connectivity index (χ2n) is 7.50. The number of carbonyl (C=O) groups excluding carboxylic acids is 2. The fraction of sp³-hybridized carbons (Fsp3) is 0.304. The van der Waals surface area contributed by atoms with Gasteiger partial charge in [-0.15, -0.1) is 0 Å². The fourth-order valence-corrected chi connectivity index (χ4v) is 3.95. The second kappa shape index (κ2) is 8.10. The number of amides is 3. The van der Waals surface area contributed by atoms with Gasteiger partial charge in [-0.05, 0) is 44.0 Å². The third kappa shape index (κ3) is 3.47. The van der Waals surface area contributed by atoms with Crippen LogP contribution in [0.5, 0.6) is 0 Å². The minimum Gasteiger partial charge on any atom is -0.323 e. The highest BCUT2D eigenvalue weighted by molar-refractivity contribution is 6.12. The lowest BCUT2D eigenvalue weighted by molar-refractivity contribution is 0.102. The van der Waals surface area contributed by atoms with Crippen molar-refractivity contribution in [2.45, 2.75) is 27.2 Å². The molecule has 0 radical (unpaired) electrons. The zero-order chi connectivity index (χ0) is 21.3. The Morgan fingerprint density at radius 2 is 1.97 bits per heavy atom. The summed E-state index contributed by atoms with van der Waals surface area (Å²) in [5.74, 6) is -0.233. The van der Waals surface area contributed by atoms with Gasteiger partial charge in [-0.3, -0.25) is 19.7 Å². The molecule has 0 aliphatic carbocycles. The minimum absolute atomic E-state index is 0.0212. The molecule has 30 heavy (non-hydrogen) atoms.